The molecule has 3 atom stereocenters. The van der Waals surface area contributed by atoms with Crippen LogP contribution in [0.3, 0.4) is 0 Å². The molecule has 0 aromatic carbocycles. The van der Waals surface area contributed by atoms with Gasteiger partial charge in [-0.2, -0.15) is 0 Å². The van der Waals surface area contributed by atoms with E-state index in [0.29, 0.717) is 11.5 Å². The van der Waals surface area contributed by atoms with Crippen LogP contribution in [-0.4, -0.2) is 41.3 Å². The first kappa shape index (κ1) is 17.8. The number of rotatable bonds is 6. The third-order valence-corrected chi connectivity index (χ3v) is 5.70. The van der Waals surface area contributed by atoms with E-state index in [1.54, 1.807) is 0 Å². The van der Waals surface area contributed by atoms with Crippen LogP contribution in [0.15, 0.2) is 12.3 Å². The van der Waals surface area contributed by atoms with Crippen LogP contribution in [0.2, 0.25) is 0 Å². The first-order valence-electron chi connectivity index (χ1n) is 9.18. The molecule has 1 saturated heterocycles. The number of piperidine rings is 1. The van der Waals surface area contributed by atoms with Gasteiger partial charge in [-0.15, -0.1) is 0 Å². The van der Waals surface area contributed by atoms with Crippen LogP contribution in [0.5, 0.6) is 0 Å². The summed E-state index contributed by atoms with van der Waals surface area (Å²) in [6.45, 7) is 15.3. The normalized spacial score (nSPS) is 26.7. The molecule has 1 aliphatic heterocycles. The van der Waals surface area contributed by atoms with E-state index in [-0.39, 0.29) is 6.04 Å². The highest BCUT2D eigenvalue weighted by molar-refractivity contribution is 5.10. The van der Waals surface area contributed by atoms with Gasteiger partial charge in [0.15, 0.2) is 0 Å². The van der Waals surface area contributed by atoms with Crippen molar-refractivity contribution >= 4 is 0 Å². The molecule has 2 fully saturated rings. The Morgan fingerprint density at radius 3 is 2.41 bits per heavy atom. The number of likely N-dealkylation sites (tertiary alicyclic amines) is 1. The summed E-state index contributed by atoms with van der Waals surface area (Å²) in [6, 6.07) is 0.432. The van der Waals surface area contributed by atoms with Crippen molar-refractivity contribution in [2.45, 2.75) is 84.4 Å². The Hall–Kier alpha value is -0.540. The molecule has 3 heteroatoms. The fourth-order valence-electron chi connectivity index (χ4n) is 4.26. The smallest absolute Gasteiger partial charge is 0.0728 e. The van der Waals surface area contributed by atoms with Crippen molar-refractivity contribution < 1.29 is 5.11 Å². The molecule has 2 aliphatic rings. The lowest BCUT2D eigenvalue weighted by molar-refractivity contribution is 0.0993. The largest absolute Gasteiger partial charge is 0.391 e. The van der Waals surface area contributed by atoms with E-state index in [1.165, 1.54) is 38.5 Å². The van der Waals surface area contributed by atoms with Crippen molar-refractivity contribution in [3.63, 3.8) is 0 Å². The SMILES string of the molecule is C=C([C@H](NC(C)C1CCCC1)C(C)O)N1CCCC(C)(C)C1. The van der Waals surface area contributed by atoms with E-state index >= 15 is 0 Å². The molecule has 0 spiro atoms. The van der Waals surface area contributed by atoms with Gasteiger partial charge in [0.25, 0.3) is 0 Å². The van der Waals surface area contributed by atoms with Gasteiger partial charge in [0.2, 0.25) is 0 Å². The van der Waals surface area contributed by atoms with Gasteiger partial charge in [-0.25, -0.2) is 0 Å². The molecule has 1 aliphatic carbocycles. The standard InChI is InChI=1S/C19H36N2O/c1-14(17-9-6-7-10-17)20-18(16(3)22)15(2)21-12-8-11-19(4,5)13-21/h14,16-18,20,22H,2,6-13H2,1,3-5H3/t14?,16?,18-/m0/s1. The zero-order valence-corrected chi connectivity index (χ0v) is 15.1. The molecule has 2 rings (SSSR count). The van der Waals surface area contributed by atoms with Crippen LogP contribution >= 0.6 is 0 Å². The van der Waals surface area contributed by atoms with Crippen molar-refractivity contribution in [3.8, 4) is 0 Å². The second-order valence-corrected chi connectivity index (χ2v) is 8.40. The van der Waals surface area contributed by atoms with Crippen molar-refractivity contribution in [3.05, 3.63) is 12.3 Å². The van der Waals surface area contributed by atoms with Crippen LogP contribution in [0.1, 0.15) is 66.2 Å². The second-order valence-electron chi connectivity index (χ2n) is 8.40. The van der Waals surface area contributed by atoms with Gasteiger partial charge in [0, 0.05) is 24.8 Å². The molecule has 0 radical (unpaired) electrons. The van der Waals surface area contributed by atoms with Crippen molar-refractivity contribution in [1.82, 2.24) is 10.2 Å². The molecule has 2 unspecified atom stereocenters. The lowest BCUT2D eigenvalue weighted by Gasteiger charge is -2.43. The van der Waals surface area contributed by atoms with Gasteiger partial charge in [-0.3, -0.25) is 0 Å². The van der Waals surface area contributed by atoms with E-state index in [0.717, 1.165) is 24.7 Å². The zero-order valence-electron chi connectivity index (χ0n) is 15.1. The first-order valence-corrected chi connectivity index (χ1v) is 9.18. The van der Waals surface area contributed by atoms with E-state index in [9.17, 15) is 5.11 Å². The van der Waals surface area contributed by atoms with Gasteiger partial charge in [-0.05, 0) is 50.9 Å². The molecule has 0 aromatic rings. The molecular weight excluding hydrogens is 272 g/mol. The maximum atomic E-state index is 10.3. The molecule has 1 heterocycles. The van der Waals surface area contributed by atoms with Gasteiger partial charge in [-0.1, -0.05) is 33.3 Å². The minimum atomic E-state index is -0.401. The number of hydrogen-bond donors (Lipinski definition) is 2. The van der Waals surface area contributed by atoms with E-state index < -0.39 is 6.10 Å². The van der Waals surface area contributed by atoms with Crippen LogP contribution in [-0.2, 0) is 0 Å². The minimum Gasteiger partial charge on any atom is -0.391 e. The fraction of sp³-hybridized carbons (Fsp3) is 0.895. The van der Waals surface area contributed by atoms with E-state index in [2.05, 4.69) is 37.6 Å². The molecule has 2 N–H and O–H groups in total. The lowest BCUT2D eigenvalue weighted by atomic mass is 9.83. The van der Waals surface area contributed by atoms with Gasteiger partial charge >= 0.3 is 0 Å². The Morgan fingerprint density at radius 1 is 1.23 bits per heavy atom. The summed E-state index contributed by atoms with van der Waals surface area (Å²) in [7, 11) is 0. The molecular formula is C19H36N2O. The average Bonchev–Trinajstić information content (AvgIpc) is 2.96. The maximum absolute atomic E-state index is 10.3. The predicted molar refractivity (Wildman–Crippen MR) is 93.8 cm³/mol. The van der Waals surface area contributed by atoms with Gasteiger partial charge in [0.05, 0.1) is 12.1 Å². The third-order valence-electron chi connectivity index (χ3n) is 5.70. The Labute approximate surface area is 137 Å². The summed E-state index contributed by atoms with van der Waals surface area (Å²) < 4.78 is 0. The Kier molecular flexibility index (Phi) is 5.95. The highest BCUT2D eigenvalue weighted by Gasteiger charge is 2.32. The van der Waals surface area contributed by atoms with Crippen molar-refractivity contribution in [2.24, 2.45) is 11.3 Å². The van der Waals surface area contributed by atoms with Gasteiger partial charge < -0.3 is 15.3 Å². The lowest BCUT2D eigenvalue weighted by Crippen LogP contribution is -2.52. The second kappa shape index (κ2) is 7.35. The Morgan fingerprint density at radius 2 is 1.86 bits per heavy atom. The third kappa shape index (κ3) is 4.48. The quantitative estimate of drug-likeness (QED) is 0.788. The summed E-state index contributed by atoms with van der Waals surface area (Å²) >= 11 is 0. The van der Waals surface area contributed by atoms with Crippen LogP contribution in [0, 0.1) is 11.3 Å². The summed E-state index contributed by atoms with van der Waals surface area (Å²) in [6.07, 6.45) is 7.46. The number of aliphatic hydroxyl groups excluding tert-OH is 1. The number of hydrogen-bond acceptors (Lipinski definition) is 3. The molecule has 22 heavy (non-hydrogen) atoms. The van der Waals surface area contributed by atoms with Gasteiger partial charge in [0.1, 0.15) is 0 Å². The molecule has 0 aromatic heterocycles. The monoisotopic (exact) mass is 308 g/mol. The van der Waals surface area contributed by atoms with E-state index in [4.69, 9.17) is 0 Å². The topological polar surface area (TPSA) is 35.5 Å². The predicted octanol–water partition coefficient (Wildman–Crippen LogP) is 3.54. The molecule has 1 saturated carbocycles. The average molecular weight is 309 g/mol. The number of nitrogens with zero attached hydrogens (tertiary/aromatic N) is 1. The number of aliphatic hydroxyl groups is 1. The zero-order chi connectivity index (χ0) is 16.3. The summed E-state index contributed by atoms with van der Waals surface area (Å²) in [5.41, 5.74) is 1.43. The first-order chi connectivity index (χ1) is 10.3. The van der Waals surface area contributed by atoms with Crippen LogP contribution in [0.25, 0.3) is 0 Å². The molecule has 0 amide bonds. The Balaban J connectivity index is 1.98. The van der Waals surface area contributed by atoms with E-state index in [1.807, 2.05) is 6.92 Å². The molecule has 128 valence electrons. The summed E-state index contributed by atoms with van der Waals surface area (Å²) in [5.74, 6) is 0.756. The Bertz CT molecular complexity index is 372. The van der Waals surface area contributed by atoms with Crippen LogP contribution in [0.4, 0.5) is 0 Å². The molecule has 3 nitrogen and oxygen atoms in total. The minimum absolute atomic E-state index is 0.0236. The molecule has 0 bridgehead atoms. The summed E-state index contributed by atoms with van der Waals surface area (Å²) in [4.78, 5) is 2.40. The number of nitrogens with one attached hydrogen (secondary N) is 1. The van der Waals surface area contributed by atoms with Crippen molar-refractivity contribution in [1.29, 1.82) is 0 Å². The van der Waals surface area contributed by atoms with Crippen LogP contribution < -0.4 is 5.32 Å². The summed E-state index contributed by atoms with van der Waals surface area (Å²) in [5, 5.41) is 14.0. The van der Waals surface area contributed by atoms with Crippen molar-refractivity contribution in [2.75, 3.05) is 13.1 Å². The highest BCUT2D eigenvalue weighted by atomic mass is 16.3. The maximum Gasteiger partial charge on any atom is 0.0728 e. The highest BCUT2D eigenvalue weighted by Crippen LogP contribution is 2.32. The fourth-order valence-corrected chi connectivity index (χ4v) is 4.26.